The summed E-state index contributed by atoms with van der Waals surface area (Å²) >= 11 is 1.65. The lowest BCUT2D eigenvalue weighted by Gasteiger charge is -2.17. The SMILES string of the molecule is CC(CCO)NC(C)c1cncs1. The van der Waals surface area contributed by atoms with Gasteiger partial charge in [0.15, 0.2) is 0 Å². The molecular weight excluding hydrogens is 184 g/mol. The molecule has 2 atom stereocenters. The Labute approximate surface area is 82.8 Å². The van der Waals surface area contributed by atoms with Gasteiger partial charge in [-0.25, -0.2) is 0 Å². The first kappa shape index (κ1) is 10.6. The first-order chi connectivity index (χ1) is 6.24. The summed E-state index contributed by atoms with van der Waals surface area (Å²) in [6.07, 6.45) is 2.68. The molecular formula is C9H16N2OS. The van der Waals surface area contributed by atoms with Crippen molar-refractivity contribution >= 4 is 11.3 Å². The maximum Gasteiger partial charge on any atom is 0.0794 e. The molecule has 0 amide bonds. The molecule has 2 N–H and O–H groups in total. The third kappa shape index (κ3) is 3.42. The standard InChI is InChI=1S/C9H16N2OS/c1-7(3-4-12)11-8(2)9-5-10-6-13-9/h5-8,11-12H,3-4H2,1-2H3. The van der Waals surface area contributed by atoms with E-state index in [1.165, 1.54) is 4.88 Å². The van der Waals surface area contributed by atoms with E-state index in [1.54, 1.807) is 11.3 Å². The highest BCUT2D eigenvalue weighted by Gasteiger charge is 2.09. The summed E-state index contributed by atoms with van der Waals surface area (Å²) < 4.78 is 0. The maximum atomic E-state index is 8.73. The van der Waals surface area contributed by atoms with Crippen LogP contribution in [-0.2, 0) is 0 Å². The fourth-order valence-electron chi connectivity index (χ4n) is 1.23. The predicted octanol–water partition coefficient (Wildman–Crippen LogP) is 1.56. The number of aliphatic hydroxyl groups excluding tert-OH is 1. The van der Waals surface area contributed by atoms with Crippen molar-refractivity contribution in [3.05, 3.63) is 16.6 Å². The molecule has 0 saturated carbocycles. The lowest BCUT2D eigenvalue weighted by Crippen LogP contribution is -2.29. The number of aliphatic hydroxyl groups is 1. The van der Waals surface area contributed by atoms with Crippen molar-refractivity contribution < 1.29 is 5.11 Å². The smallest absolute Gasteiger partial charge is 0.0794 e. The van der Waals surface area contributed by atoms with Gasteiger partial charge in [-0.3, -0.25) is 4.98 Å². The largest absolute Gasteiger partial charge is 0.396 e. The van der Waals surface area contributed by atoms with Gasteiger partial charge in [-0.05, 0) is 20.3 Å². The first-order valence-electron chi connectivity index (χ1n) is 4.49. The number of hydrogen-bond acceptors (Lipinski definition) is 4. The quantitative estimate of drug-likeness (QED) is 0.758. The van der Waals surface area contributed by atoms with E-state index < -0.39 is 0 Å². The van der Waals surface area contributed by atoms with Gasteiger partial charge < -0.3 is 10.4 Å². The fraction of sp³-hybridized carbons (Fsp3) is 0.667. The van der Waals surface area contributed by atoms with E-state index in [0.717, 1.165) is 6.42 Å². The highest BCUT2D eigenvalue weighted by molar-refractivity contribution is 7.09. The van der Waals surface area contributed by atoms with Gasteiger partial charge in [-0.2, -0.15) is 0 Å². The summed E-state index contributed by atoms with van der Waals surface area (Å²) in [5, 5.41) is 12.1. The van der Waals surface area contributed by atoms with Gasteiger partial charge in [0.05, 0.1) is 5.51 Å². The van der Waals surface area contributed by atoms with E-state index in [-0.39, 0.29) is 6.61 Å². The van der Waals surface area contributed by atoms with Crippen LogP contribution in [0.4, 0.5) is 0 Å². The molecule has 1 aromatic heterocycles. The Morgan fingerprint density at radius 1 is 1.62 bits per heavy atom. The van der Waals surface area contributed by atoms with Crippen molar-refractivity contribution in [2.75, 3.05) is 6.61 Å². The number of thiazole rings is 1. The zero-order valence-corrected chi connectivity index (χ0v) is 8.84. The van der Waals surface area contributed by atoms with E-state index >= 15 is 0 Å². The molecule has 13 heavy (non-hydrogen) atoms. The summed E-state index contributed by atoms with van der Waals surface area (Å²) in [6.45, 7) is 4.43. The van der Waals surface area contributed by atoms with Crippen molar-refractivity contribution in [2.24, 2.45) is 0 Å². The zero-order chi connectivity index (χ0) is 9.68. The molecule has 4 heteroatoms. The lowest BCUT2D eigenvalue weighted by atomic mass is 10.2. The van der Waals surface area contributed by atoms with Crippen LogP contribution in [0.3, 0.4) is 0 Å². The van der Waals surface area contributed by atoms with Crippen LogP contribution < -0.4 is 5.32 Å². The molecule has 1 rings (SSSR count). The minimum Gasteiger partial charge on any atom is -0.396 e. The van der Waals surface area contributed by atoms with Gasteiger partial charge in [-0.1, -0.05) is 0 Å². The summed E-state index contributed by atoms with van der Waals surface area (Å²) in [6, 6.07) is 0.677. The van der Waals surface area contributed by atoms with Gasteiger partial charge in [0.1, 0.15) is 0 Å². The van der Waals surface area contributed by atoms with Crippen LogP contribution in [0, 0.1) is 0 Å². The Morgan fingerprint density at radius 2 is 2.38 bits per heavy atom. The van der Waals surface area contributed by atoms with Crippen molar-refractivity contribution in [2.45, 2.75) is 32.4 Å². The van der Waals surface area contributed by atoms with Crippen LogP contribution in [0.5, 0.6) is 0 Å². The van der Waals surface area contributed by atoms with Crippen LogP contribution in [0.1, 0.15) is 31.2 Å². The molecule has 0 bridgehead atoms. The van der Waals surface area contributed by atoms with Crippen LogP contribution in [0.15, 0.2) is 11.7 Å². The molecule has 0 radical (unpaired) electrons. The van der Waals surface area contributed by atoms with Gasteiger partial charge in [0, 0.05) is 29.8 Å². The Bertz CT molecular complexity index is 226. The first-order valence-corrected chi connectivity index (χ1v) is 5.37. The molecule has 0 aliphatic rings. The van der Waals surface area contributed by atoms with Crippen molar-refractivity contribution in [1.82, 2.24) is 10.3 Å². The van der Waals surface area contributed by atoms with Crippen molar-refractivity contribution in [3.8, 4) is 0 Å². The molecule has 0 fully saturated rings. The van der Waals surface area contributed by atoms with Gasteiger partial charge in [-0.15, -0.1) is 11.3 Å². The molecule has 0 aliphatic heterocycles. The van der Waals surface area contributed by atoms with Gasteiger partial charge in [0.25, 0.3) is 0 Å². The zero-order valence-electron chi connectivity index (χ0n) is 8.03. The molecule has 0 spiro atoms. The Hall–Kier alpha value is -0.450. The molecule has 0 aliphatic carbocycles. The number of hydrogen-bond donors (Lipinski definition) is 2. The normalized spacial score (nSPS) is 15.6. The van der Waals surface area contributed by atoms with E-state index in [0.29, 0.717) is 12.1 Å². The second kappa shape index (κ2) is 5.32. The fourth-order valence-corrected chi connectivity index (χ4v) is 1.86. The average molecular weight is 200 g/mol. The van der Waals surface area contributed by atoms with Crippen LogP contribution in [0.2, 0.25) is 0 Å². The molecule has 1 aromatic rings. The number of rotatable bonds is 5. The van der Waals surface area contributed by atoms with Crippen molar-refractivity contribution in [1.29, 1.82) is 0 Å². The second-order valence-corrected chi connectivity index (χ2v) is 4.12. The number of aromatic nitrogens is 1. The van der Waals surface area contributed by atoms with Gasteiger partial charge in [0.2, 0.25) is 0 Å². The highest BCUT2D eigenvalue weighted by Crippen LogP contribution is 2.16. The van der Waals surface area contributed by atoms with E-state index in [1.807, 2.05) is 11.7 Å². The van der Waals surface area contributed by atoms with Crippen LogP contribution in [-0.4, -0.2) is 22.7 Å². The van der Waals surface area contributed by atoms with Crippen molar-refractivity contribution in [3.63, 3.8) is 0 Å². The summed E-state index contributed by atoms with van der Waals surface area (Å²) in [5.41, 5.74) is 1.84. The second-order valence-electron chi connectivity index (χ2n) is 3.21. The molecule has 2 unspecified atom stereocenters. The Kier molecular flexibility index (Phi) is 4.35. The Morgan fingerprint density at radius 3 is 2.92 bits per heavy atom. The summed E-state index contributed by atoms with van der Waals surface area (Å²) in [7, 11) is 0. The minimum atomic E-state index is 0.240. The summed E-state index contributed by atoms with van der Waals surface area (Å²) in [4.78, 5) is 5.27. The predicted molar refractivity (Wildman–Crippen MR) is 54.8 cm³/mol. The lowest BCUT2D eigenvalue weighted by molar-refractivity contribution is 0.265. The van der Waals surface area contributed by atoms with Gasteiger partial charge >= 0.3 is 0 Å². The molecule has 74 valence electrons. The topological polar surface area (TPSA) is 45.1 Å². The average Bonchev–Trinajstić information content (AvgIpc) is 2.55. The molecule has 3 nitrogen and oxygen atoms in total. The molecule has 1 heterocycles. The highest BCUT2D eigenvalue weighted by atomic mass is 32.1. The molecule has 0 saturated heterocycles. The van der Waals surface area contributed by atoms with Crippen LogP contribution >= 0.6 is 11.3 Å². The maximum absolute atomic E-state index is 8.73. The molecule has 0 aromatic carbocycles. The minimum absolute atomic E-state index is 0.240. The number of nitrogens with one attached hydrogen (secondary N) is 1. The van der Waals surface area contributed by atoms with E-state index in [2.05, 4.69) is 24.1 Å². The Balaban J connectivity index is 2.37. The monoisotopic (exact) mass is 200 g/mol. The van der Waals surface area contributed by atoms with E-state index in [9.17, 15) is 0 Å². The van der Waals surface area contributed by atoms with E-state index in [4.69, 9.17) is 5.11 Å². The summed E-state index contributed by atoms with van der Waals surface area (Å²) in [5.74, 6) is 0. The third-order valence-corrected chi connectivity index (χ3v) is 2.93. The third-order valence-electron chi connectivity index (χ3n) is 1.97. The number of nitrogens with zero attached hydrogens (tertiary/aromatic N) is 1. The van der Waals surface area contributed by atoms with Crippen LogP contribution in [0.25, 0.3) is 0 Å².